The lowest BCUT2D eigenvalue weighted by molar-refractivity contribution is -0.134. The molecule has 0 aromatic rings. The van der Waals surface area contributed by atoms with Crippen LogP contribution in [-0.2, 0) is 9.53 Å². The molecular formula is C17H30N4O2. The summed E-state index contributed by atoms with van der Waals surface area (Å²) in [5.41, 5.74) is 0. The van der Waals surface area contributed by atoms with Crippen molar-refractivity contribution in [3.63, 3.8) is 0 Å². The van der Waals surface area contributed by atoms with E-state index in [1.54, 1.807) is 7.05 Å². The van der Waals surface area contributed by atoms with Gasteiger partial charge in [0.2, 0.25) is 5.91 Å². The van der Waals surface area contributed by atoms with E-state index in [1.807, 2.05) is 4.90 Å². The fourth-order valence-corrected chi connectivity index (χ4v) is 3.91. The number of aliphatic imine (C=N–C) groups is 1. The Bertz CT molecular complexity index is 428. The van der Waals surface area contributed by atoms with Gasteiger partial charge < -0.3 is 20.3 Å². The van der Waals surface area contributed by atoms with Gasteiger partial charge in [0, 0.05) is 45.2 Å². The van der Waals surface area contributed by atoms with Crippen molar-refractivity contribution in [1.82, 2.24) is 15.5 Å². The van der Waals surface area contributed by atoms with Crippen LogP contribution in [0, 0.1) is 5.92 Å². The van der Waals surface area contributed by atoms with Gasteiger partial charge in [0.1, 0.15) is 0 Å². The van der Waals surface area contributed by atoms with Gasteiger partial charge in [0.15, 0.2) is 5.96 Å². The standard InChI is InChI=1S/C17H30N4O2/c1-18-17(19-11-15-7-4-10-23-15)20-14-8-9-21(12-14)16(22)13-5-2-3-6-13/h13-15H,2-12H2,1H3,(H2,18,19,20). The fraction of sp³-hybridized carbons (Fsp3) is 0.882. The molecule has 2 N–H and O–H groups in total. The van der Waals surface area contributed by atoms with Crippen LogP contribution in [-0.4, -0.2) is 62.2 Å². The summed E-state index contributed by atoms with van der Waals surface area (Å²) in [6.07, 6.45) is 8.17. The molecule has 0 spiro atoms. The molecule has 6 nitrogen and oxygen atoms in total. The second kappa shape index (κ2) is 7.99. The predicted octanol–water partition coefficient (Wildman–Crippen LogP) is 1.12. The van der Waals surface area contributed by atoms with Crippen LogP contribution in [0.15, 0.2) is 4.99 Å². The lowest BCUT2D eigenvalue weighted by Crippen LogP contribution is -2.47. The zero-order chi connectivity index (χ0) is 16.1. The number of guanidine groups is 1. The van der Waals surface area contributed by atoms with Gasteiger partial charge in [-0.3, -0.25) is 9.79 Å². The van der Waals surface area contributed by atoms with Crippen molar-refractivity contribution < 1.29 is 9.53 Å². The maximum atomic E-state index is 12.5. The number of likely N-dealkylation sites (tertiary alicyclic amines) is 1. The molecule has 0 bridgehead atoms. The van der Waals surface area contributed by atoms with Crippen molar-refractivity contribution in [3.8, 4) is 0 Å². The van der Waals surface area contributed by atoms with Crippen LogP contribution in [0.1, 0.15) is 44.9 Å². The molecule has 6 heteroatoms. The lowest BCUT2D eigenvalue weighted by Gasteiger charge is -2.22. The molecular weight excluding hydrogens is 292 g/mol. The molecule has 2 aliphatic heterocycles. The van der Waals surface area contributed by atoms with Crippen molar-refractivity contribution in [2.24, 2.45) is 10.9 Å². The van der Waals surface area contributed by atoms with Gasteiger partial charge >= 0.3 is 0 Å². The van der Waals surface area contributed by atoms with E-state index in [4.69, 9.17) is 4.74 Å². The van der Waals surface area contributed by atoms with E-state index >= 15 is 0 Å². The third-order valence-corrected chi connectivity index (χ3v) is 5.29. The van der Waals surface area contributed by atoms with Gasteiger partial charge in [0.25, 0.3) is 0 Å². The number of amides is 1. The SMILES string of the molecule is CN=C(NCC1CCCO1)NC1CCN(C(=O)C2CCCC2)C1. The first-order valence-electron chi connectivity index (χ1n) is 9.14. The third kappa shape index (κ3) is 4.37. The minimum atomic E-state index is 0.283. The van der Waals surface area contributed by atoms with Crippen LogP contribution in [0.5, 0.6) is 0 Å². The van der Waals surface area contributed by atoms with Crippen LogP contribution in [0.2, 0.25) is 0 Å². The maximum absolute atomic E-state index is 12.5. The Hall–Kier alpha value is -1.30. The van der Waals surface area contributed by atoms with E-state index in [0.29, 0.717) is 18.1 Å². The molecule has 2 saturated heterocycles. The highest BCUT2D eigenvalue weighted by Crippen LogP contribution is 2.27. The molecule has 0 aromatic heterocycles. The Balaban J connectivity index is 1.41. The van der Waals surface area contributed by atoms with Crippen molar-refractivity contribution >= 4 is 11.9 Å². The van der Waals surface area contributed by atoms with E-state index in [-0.39, 0.29) is 5.92 Å². The van der Waals surface area contributed by atoms with Crippen LogP contribution < -0.4 is 10.6 Å². The zero-order valence-electron chi connectivity index (χ0n) is 14.2. The average molecular weight is 322 g/mol. The van der Waals surface area contributed by atoms with Gasteiger partial charge in [0.05, 0.1) is 6.10 Å². The zero-order valence-corrected chi connectivity index (χ0v) is 14.2. The number of nitrogens with one attached hydrogen (secondary N) is 2. The van der Waals surface area contributed by atoms with Crippen LogP contribution in [0.4, 0.5) is 0 Å². The summed E-state index contributed by atoms with van der Waals surface area (Å²) in [4.78, 5) is 18.8. The normalized spacial score (nSPS) is 29.3. The minimum absolute atomic E-state index is 0.283. The fourth-order valence-electron chi connectivity index (χ4n) is 3.91. The number of carbonyl (C=O) groups is 1. The molecule has 1 amide bonds. The van der Waals surface area contributed by atoms with Crippen molar-refractivity contribution in [1.29, 1.82) is 0 Å². The Morgan fingerprint density at radius 3 is 2.74 bits per heavy atom. The summed E-state index contributed by atoms with van der Waals surface area (Å²) < 4.78 is 5.63. The molecule has 3 aliphatic rings. The van der Waals surface area contributed by atoms with E-state index in [9.17, 15) is 4.79 Å². The van der Waals surface area contributed by atoms with Crippen LogP contribution >= 0.6 is 0 Å². The Morgan fingerprint density at radius 1 is 1.22 bits per heavy atom. The van der Waals surface area contributed by atoms with Crippen LogP contribution in [0.25, 0.3) is 0 Å². The third-order valence-electron chi connectivity index (χ3n) is 5.29. The molecule has 23 heavy (non-hydrogen) atoms. The second-order valence-corrected chi connectivity index (χ2v) is 6.98. The first-order valence-corrected chi connectivity index (χ1v) is 9.14. The molecule has 2 atom stereocenters. The van der Waals surface area contributed by atoms with E-state index in [1.165, 1.54) is 12.8 Å². The summed E-state index contributed by atoms with van der Waals surface area (Å²) in [6.45, 7) is 3.35. The van der Waals surface area contributed by atoms with Gasteiger partial charge in [-0.1, -0.05) is 12.8 Å². The van der Waals surface area contributed by atoms with Crippen molar-refractivity contribution in [2.45, 2.75) is 57.1 Å². The number of rotatable bonds is 4. The van der Waals surface area contributed by atoms with Gasteiger partial charge in [-0.15, -0.1) is 0 Å². The maximum Gasteiger partial charge on any atom is 0.225 e. The smallest absolute Gasteiger partial charge is 0.225 e. The highest BCUT2D eigenvalue weighted by atomic mass is 16.5. The Labute approximate surface area is 139 Å². The Morgan fingerprint density at radius 2 is 2.04 bits per heavy atom. The molecule has 1 aliphatic carbocycles. The monoisotopic (exact) mass is 322 g/mol. The molecule has 0 radical (unpaired) electrons. The molecule has 2 unspecified atom stereocenters. The number of ether oxygens (including phenoxy) is 1. The molecule has 0 aromatic carbocycles. The van der Waals surface area contributed by atoms with Crippen LogP contribution in [0.3, 0.4) is 0 Å². The molecule has 130 valence electrons. The number of carbonyl (C=O) groups excluding carboxylic acids is 1. The van der Waals surface area contributed by atoms with E-state index < -0.39 is 0 Å². The average Bonchev–Trinajstić information content (AvgIpc) is 3.33. The summed E-state index contributed by atoms with van der Waals surface area (Å²) in [5, 5.41) is 6.80. The van der Waals surface area contributed by atoms with Gasteiger partial charge in [-0.25, -0.2) is 0 Å². The largest absolute Gasteiger partial charge is 0.376 e. The number of nitrogens with zero attached hydrogens (tertiary/aromatic N) is 2. The predicted molar refractivity (Wildman–Crippen MR) is 90.4 cm³/mol. The van der Waals surface area contributed by atoms with Crippen molar-refractivity contribution in [2.75, 3.05) is 33.3 Å². The molecule has 3 rings (SSSR count). The highest BCUT2D eigenvalue weighted by molar-refractivity contribution is 5.81. The first kappa shape index (κ1) is 16.6. The van der Waals surface area contributed by atoms with Crippen molar-refractivity contribution in [3.05, 3.63) is 0 Å². The molecule has 2 heterocycles. The van der Waals surface area contributed by atoms with Gasteiger partial charge in [-0.05, 0) is 32.1 Å². The van der Waals surface area contributed by atoms with E-state index in [0.717, 1.165) is 64.3 Å². The quantitative estimate of drug-likeness (QED) is 0.601. The Kier molecular flexibility index (Phi) is 5.75. The number of hydrogen-bond acceptors (Lipinski definition) is 3. The first-order chi connectivity index (χ1) is 11.3. The summed E-state index contributed by atoms with van der Waals surface area (Å²) in [6, 6.07) is 0.302. The van der Waals surface area contributed by atoms with Gasteiger partial charge in [-0.2, -0.15) is 0 Å². The second-order valence-electron chi connectivity index (χ2n) is 6.98. The lowest BCUT2D eigenvalue weighted by atomic mass is 10.1. The minimum Gasteiger partial charge on any atom is -0.376 e. The molecule has 1 saturated carbocycles. The summed E-state index contributed by atoms with van der Waals surface area (Å²) in [7, 11) is 1.79. The summed E-state index contributed by atoms with van der Waals surface area (Å²) >= 11 is 0. The van der Waals surface area contributed by atoms with E-state index in [2.05, 4.69) is 15.6 Å². The highest BCUT2D eigenvalue weighted by Gasteiger charge is 2.32. The molecule has 3 fully saturated rings. The topological polar surface area (TPSA) is 66.0 Å². The number of hydrogen-bond donors (Lipinski definition) is 2. The summed E-state index contributed by atoms with van der Waals surface area (Å²) in [5.74, 6) is 1.47.